The van der Waals surface area contributed by atoms with Gasteiger partial charge in [-0.25, -0.2) is 0 Å². The molecule has 1 aliphatic heterocycles. The van der Waals surface area contributed by atoms with Crippen LogP contribution < -0.4 is 15.8 Å². The van der Waals surface area contributed by atoms with Gasteiger partial charge in [0.2, 0.25) is 11.9 Å². The van der Waals surface area contributed by atoms with Crippen LogP contribution in [0.3, 0.4) is 0 Å². The van der Waals surface area contributed by atoms with E-state index >= 15 is 0 Å². The Morgan fingerprint density at radius 2 is 2.11 bits per heavy atom. The van der Waals surface area contributed by atoms with Crippen LogP contribution in [-0.2, 0) is 11.4 Å². The summed E-state index contributed by atoms with van der Waals surface area (Å²) in [5.74, 6) is 0.528. The number of carbonyl (C=O) groups excluding carboxylic acids is 1. The first kappa shape index (κ1) is 18.0. The number of anilines is 1. The lowest BCUT2D eigenvalue weighted by Gasteiger charge is -2.27. The van der Waals surface area contributed by atoms with Crippen LogP contribution in [0.4, 0.5) is 5.95 Å². The Bertz CT molecular complexity index is 1080. The highest BCUT2D eigenvalue weighted by Gasteiger charge is 2.33. The predicted octanol–water partition coefficient (Wildman–Crippen LogP) is 2.68. The van der Waals surface area contributed by atoms with Crippen molar-refractivity contribution < 1.29 is 9.53 Å². The van der Waals surface area contributed by atoms with Gasteiger partial charge in [-0.15, -0.1) is 0 Å². The quantitative estimate of drug-likeness (QED) is 0.686. The zero-order chi connectivity index (χ0) is 19.7. The first-order chi connectivity index (χ1) is 13.5. The van der Waals surface area contributed by atoms with Crippen LogP contribution in [0, 0.1) is 0 Å². The molecule has 4 rings (SSSR count). The maximum atomic E-state index is 12.1. The summed E-state index contributed by atoms with van der Waals surface area (Å²) in [5.41, 5.74) is 8.30. The molecule has 1 aliphatic rings. The van der Waals surface area contributed by atoms with Gasteiger partial charge in [-0.1, -0.05) is 47.0 Å². The third-order valence-electron chi connectivity index (χ3n) is 4.51. The molecule has 1 amide bonds. The normalized spacial score (nSPS) is 15.7. The molecule has 2 aromatic carbocycles. The molecule has 142 valence electrons. The van der Waals surface area contributed by atoms with Gasteiger partial charge in [0.05, 0.1) is 5.57 Å². The third kappa shape index (κ3) is 3.29. The van der Waals surface area contributed by atoms with Crippen molar-refractivity contribution in [3.05, 3.63) is 76.0 Å². The summed E-state index contributed by atoms with van der Waals surface area (Å²) < 4.78 is 7.43. The Kier molecular flexibility index (Phi) is 4.70. The Balaban J connectivity index is 1.67. The average Bonchev–Trinajstić information content (AvgIpc) is 3.14. The molecule has 8 nitrogen and oxygen atoms in total. The highest BCUT2D eigenvalue weighted by atomic mass is 35.5. The summed E-state index contributed by atoms with van der Waals surface area (Å²) >= 11 is 6.19. The van der Waals surface area contributed by atoms with Gasteiger partial charge < -0.3 is 15.8 Å². The second-order valence-corrected chi connectivity index (χ2v) is 6.74. The number of benzene rings is 2. The van der Waals surface area contributed by atoms with E-state index in [4.69, 9.17) is 22.1 Å². The molecular weight excluding hydrogens is 380 g/mol. The van der Waals surface area contributed by atoms with Gasteiger partial charge in [-0.2, -0.15) is 4.68 Å². The summed E-state index contributed by atoms with van der Waals surface area (Å²) in [7, 11) is 0. The second-order valence-electron chi connectivity index (χ2n) is 6.33. The van der Waals surface area contributed by atoms with Gasteiger partial charge in [0.25, 0.3) is 0 Å². The number of fused-ring (bicyclic) bond motifs is 1. The molecule has 28 heavy (non-hydrogen) atoms. The van der Waals surface area contributed by atoms with E-state index in [9.17, 15) is 4.79 Å². The van der Waals surface area contributed by atoms with Crippen molar-refractivity contribution in [1.82, 2.24) is 20.2 Å². The summed E-state index contributed by atoms with van der Waals surface area (Å²) in [6.45, 7) is 2.09. The molecule has 1 atom stereocenters. The number of rotatable bonds is 5. The van der Waals surface area contributed by atoms with Crippen molar-refractivity contribution in [2.45, 2.75) is 19.6 Å². The minimum atomic E-state index is -0.549. The van der Waals surface area contributed by atoms with Crippen LogP contribution in [0.1, 0.15) is 24.1 Å². The molecule has 3 aromatic rings. The van der Waals surface area contributed by atoms with E-state index in [1.54, 1.807) is 6.92 Å². The smallest absolute Gasteiger partial charge is 0.248 e. The van der Waals surface area contributed by atoms with Crippen molar-refractivity contribution in [3.63, 3.8) is 0 Å². The van der Waals surface area contributed by atoms with E-state index in [0.29, 0.717) is 34.6 Å². The first-order valence-corrected chi connectivity index (χ1v) is 8.94. The average molecular weight is 397 g/mol. The third-order valence-corrected chi connectivity index (χ3v) is 4.87. The van der Waals surface area contributed by atoms with Crippen molar-refractivity contribution in [3.8, 4) is 5.75 Å². The number of allylic oxidation sites excluding steroid dienone is 1. The predicted molar refractivity (Wildman–Crippen MR) is 104 cm³/mol. The van der Waals surface area contributed by atoms with E-state index in [-0.39, 0.29) is 0 Å². The summed E-state index contributed by atoms with van der Waals surface area (Å²) in [6.07, 6.45) is 0. The molecule has 0 spiro atoms. The summed E-state index contributed by atoms with van der Waals surface area (Å²) in [6, 6.07) is 14.3. The molecule has 2 heterocycles. The van der Waals surface area contributed by atoms with Gasteiger partial charge in [-0.3, -0.25) is 4.79 Å². The Morgan fingerprint density at radius 1 is 1.29 bits per heavy atom. The largest absolute Gasteiger partial charge is 0.489 e. The van der Waals surface area contributed by atoms with E-state index < -0.39 is 11.9 Å². The lowest BCUT2D eigenvalue weighted by molar-refractivity contribution is -0.115. The maximum absolute atomic E-state index is 12.1. The number of nitrogens with zero attached hydrogens (tertiary/aromatic N) is 4. The van der Waals surface area contributed by atoms with Crippen LogP contribution in [0.5, 0.6) is 5.75 Å². The number of halogens is 1. The number of primary amides is 1. The lowest BCUT2D eigenvalue weighted by Crippen LogP contribution is -2.31. The number of aromatic nitrogens is 4. The zero-order valence-corrected chi connectivity index (χ0v) is 15.7. The standard InChI is InChI=1S/C19H17ClN6O2/c1-11-16(18(21)27)17(26-19(22-11)23-24-25-26)12-6-4-7-14(9-12)28-10-13-5-2-3-8-15(13)20/h2-9,17H,10H2,1H3,(H2,21,27)(H,22,23,25). The van der Waals surface area contributed by atoms with Crippen LogP contribution in [-0.4, -0.2) is 26.1 Å². The van der Waals surface area contributed by atoms with Crippen LogP contribution in [0.15, 0.2) is 59.8 Å². The number of carbonyl (C=O) groups is 1. The fourth-order valence-corrected chi connectivity index (χ4v) is 3.38. The van der Waals surface area contributed by atoms with Crippen molar-refractivity contribution in [2.75, 3.05) is 5.32 Å². The number of hydrogen-bond acceptors (Lipinski definition) is 6. The molecule has 0 saturated heterocycles. The Hall–Kier alpha value is -3.39. The van der Waals surface area contributed by atoms with Crippen molar-refractivity contribution >= 4 is 23.5 Å². The molecular formula is C19H17ClN6O2. The molecule has 0 bridgehead atoms. The first-order valence-electron chi connectivity index (χ1n) is 8.56. The van der Waals surface area contributed by atoms with Crippen LogP contribution >= 0.6 is 11.6 Å². The van der Waals surface area contributed by atoms with E-state index in [1.165, 1.54) is 4.68 Å². The highest BCUT2D eigenvalue weighted by molar-refractivity contribution is 6.31. The second kappa shape index (κ2) is 7.32. The van der Waals surface area contributed by atoms with Gasteiger partial charge in [0.1, 0.15) is 18.4 Å². The molecule has 1 unspecified atom stereocenters. The molecule has 0 radical (unpaired) electrons. The molecule has 3 N–H and O–H groups in total. The van der Waals surface area contributed by atoms with Crippen LogP contribution in [0.2, 0.25) is 5.02 Å². The zero-order valence-electron chi connectivity index (χ0n) is 15.0. The van der Waals surface area contributed by atoms with E-state index in [2.05, 4.69) is 20.8 Å². The maximum Gasteiger partial charge on any atom is 0.248 e. The number of nitrogens with one attached hydrogen (secondary N) is 1. The van der Waals surface area contributed by atoms with Gasteiger partial charge in [0, 0.05) is 16.3 Å². The fourth-order valence-electron chi connectivity index (χ4n) is 3.19. The minimum absolute atomic E-state index is 0.322. The number of hydrogen-bond donors (Lipinski definition) is 2. The van der Waals surface area contributed by atoms with Gasteiger partial charge in [0.15, 0.2) is 0 Å². The topological polar surface area (TPSA) is 108 Å². The van der Waals surface area contributed by atoms with E-state index in [1.807, 2.05) is 48.5 Å². The fraction of sp³-hybridized carbons (Fsp3) is 0.158. The summed E-state index contributed by atoms with van der Waals surface area (Å²) in [4.78, 5) is 12.1. The van der Waals surface area contributed by atoms with Gasteiger partial charge >= 0.3 is 0 Å². The van der Waals surface area contributed by atoms with Crippen LogP contribution in [0.25, 0.3) is 0 Å². The number of tetrazole rings is 1. The molecule has 1 aromatic heterocycles. The summed E-state index contributed by atoms with van der Waals surface area (Å²) in [5, 5.41) is 15.3. The van der Waals surface area contributed by atoms with Crippen molar-refractivity contribution in [2.24, 2.45) is 5.73 Å². The van der Waals surface area contributed by atoms with Gasteiger partial charge in [-0.05, 0) is 41.1 Å². The lowest BCUT2D eigenvalue weighted by atomic mass is 9.95. The minimum Gasteiger partial charge on any atom is -0.489 e. The number of amides is 1. The Morgan fingerprint density at radius 3 is 2.89 bits per heavy atom. The number of nitrogens with two attached hydrogens (primary N) is 1. The SMILES string of the molecule is CC1=C(C(N)=O)C(c2cccc(OCc3ccccc3Cl)c2)n2nnnc2N1. The molecule has 0 fully saturated rings. The monoisotopic (exact) mass is 396 g/mol. The molecule has 0 aliphatic carbocycles. The molecule has 0 saturated carbocycles. The highest BCUT2D eigenvalue weighted by Crippen LogP contribution is 2.35. The van der Waals surface area contributed by atoms with Crippen molar-refractivity contribution in [1.29, 1.82) is 0 Å². The van der Waals surface area contributed by atoms with E-state index in [0.717, 1.165) is 11.1 Å². The Labute approximate surface area is 165 Å². The number of ether oxygens (including phenoxy) is 1. The molecule has 9 heteroatoms.